The molecule has 0 amide bonds. The fraction of sp³-hybridized carbons (Fsp3) is 0.846. The van der Waals surface area contributed by atoms with Crippen LogP contribution >= 0.6 is 0 Å². The highest BCUT2D eigenvalue weighted by Gasteiger charge is 2.33. The molecule has 0 unspecified atom stereocenters. The van der Waals surface area contributed by atoms with Crippen molar-refractivity contribution < 1.29 is 0 Å². The summed E-state index contributed by atoms with van der Waals surface area (Å²) in [7, 11) is 0. The smallest absolute Gasteiger partial charge is 0.0580 e. The third kappa shape index (κ3) is 3.35. The highest BCUT2D eigenvalue weighted by atomic mass is 15.0. The minimum atomic E-state index is 0.140. The van der Waals surface area contributed by atoms with Gasteiger partial charge in [0.1, 0.15) is 0 Å². The Balaban J connectivity index is 2.29. The zero-order valence-corrected chi connectivity index (χ0v) is 10.0. The lowest BCUT2D eigenvalue weighted by atomic mass is 9.75. The average Bonchev–Trinajstić information content (AvgIpc) is 2.00. The predicted molar refractivity (Wildman–Crippen MR) is 62.1 cm³/mol. The van der Waals surface area contributed by atoms with Crippen LogP contribution in [0.4, 0.5) is 0 Å². The third-order valence-electron chi connectivity index (χ3n) is 3.00. The van der Waals surface area contributed by atoms with E-state index in [1.54, 1.807) is 0 Å². The first-order valence-corrected chi connectivity index (χ1v) is 5.72. The molecule has 1 rings (SSSR count). The summed E-state index contributed by atoms with van der Waals surface area (Å²) < 4.78 is 0. The maximum Gasteiger partial charge on any atom is 0.0580 e. The molecule has 0 aromatic heterocycles. The van der Waals surface area contributed by atoms with Gasteiger partial charge in [-0.25, -0.2) is 0 Å². The molecule has 1 N–H and O–H groups in total. The number of rotatable bonds is 3. The van der Waals surface area contributed by atoms with E-state index in [9.17, 15) is 0 Å². The predicted octanol–water partition coefficient (Wildman–Crippen LogP) is 2.96. The van der Waals surface area contributed by atoms with Crippen LogP contribution in [0.2, 0.25) is 0 Å². The molecule has 14 heavy (non-hydrogen) atoms. The van der Waals surface area contributed by atoms with Gasteiger partial charge in [-0.1, -0.05) is 18.8 Å². The quantitative estimate of drug-likeness (QED) is 0.679. The Morgan fingerprint density at radius 2 is 1.93 bits per heavy atom. The molecule has 1 fully saturated rings. The summed E-state index contributed by atoms with van der Waals surface area (Å²) >= 11 is 0. The van der Waals surface area contributed by atoms with Crippen LogP contribution < -0.4 is 5.32 Å². The Morgan fingerprint density at radius 1 is 1.29 bits per heavy atom. The molecule has 0 aromatic rings. The van der Waals surface area contributed by atoms with Gasteiger partial charge in [0.2, 0.25) is 0 Å². The molecular weight excluding hydrogens is 170 g/mol. The van der Waals surface area contributed by atoms with Gasteiger partial charge in [-0.2, -0.15) is 0 Å². The molecule has 0 heterocycles. The number of hydrogen-bond acceptors (Lipinski definition) is 1. The average molecular weight is 193 g/mol. The van der Waals surface area contributed by atoms with Crippen molar-refractivity contribution in [3.05, 3.63) is 0 Å². The van der Waals surface area contributed by atoms with Crippen molar-refractivity contribution in [1.29, 1.82) is 0 Å². The molecule has 1 nitrogen and oxygen atoms in total. The Hall–Kier alpha value is -0.480. The lowest BCUT2D eigenvalue weighted by molar-refractivity contribution is 0.185. The summed E-state index contributed by atoms with van der Waals surface area (Å²) in [5.74, 6) is 6.48. The summed E-state index contributed by atoms with van der Waals surface area (Å²) in [5, 5.41) is 3.58. The molecule has 0 aliphatic heterocycles. The maximum absolute atomic E-state index is 3.58. The fourth-order valence-corrected chi connectivity index (χ4v) is 1.80. The molecular formula is C13H23N. The molecule has 0 spiro atoms. The molecule has 1 saturated carbocycles. The Labute approximate surface area is 88.7 Å². The first-order valence-electron chi connectivity index (χ1n) is 5.72. The van der Waals surface area contributed by atoms with Crippen molar-refractivity contribution >= 4 is 0 Å². The minimum absolute atomic E-state index is 0.140. The van der Waals surface area contributed by atoms with Crippen LogP contribution in [0.3, 0.4) is 0 Å². The van der Waals surface area contributed by atoms with Crippen LogP contribution in [-0.2, 0) is 0 Å². The third-order valence-corrected chi connectivity index (χ3v) is 3.00. The highest BCUT2D eigenvalue weighted by molar-refractivity contribution is 5.10. The van der Waals surface area contributed by atoms with Gasteiger partial charge in [0.15, 0.2) is 0 Å². The first-order chi connectivity index (χ1) is 6.47. The zero-order chi connectivity index (χ0) is 10.7. The van der Waals surface area contributed by atoms with Gasteiger partial charge in [0, 0.05) is 11.0 Å². The number of hydrogen-bond donors (Lipinski definition) is 1. The normalized spacial score (nSPS) is 19.4. The van der Waals surface area contributed by atoms with Crippen molar-refractivity contribution in [1.82, 2.24) is 5.32 Å². The van der Waals surface area contributed by atoms with Crippen LogP contribution in [0, 0.1) is 17.3 Å². The molecule has 0 radical (unpaired) electrons. The van der Waals surface area contributed by atoms with E-state index >= 15 is 0 Å². The van der Waals surface area contributed by atoms with Crippen LogP contribution in [0.25, 0.3) is 0 Å². The van der Waals surface area contributed by atoms with Gasteiger partial charge in [-0.15, -0.1) is 0 Å². The molecule has 0 saturated heterocycles. The second kappa shape index (κ2) is 4.36. The first kappa shape index (κ1) is 11.6. The minimum Gasteiger partial charge on any atom is -0.301 e. The van der Waals surface area contributed by atoms with E-state index in [1.165, 1.54) is 25.7 Å². The Morgan fingerprint density at radius 3 is 2.29 bits per heavy atom. The van der Waals surface area contributed by atoms with E-state index in [1.807, 2.05) is 0 Å². The van der Waals surface area contributed by atoms with Crippen molar-refractivity contribution in [3.8, 4) is 11.8 Å². The molecule has 0 atom stereocenters. The van der Waals surface area contributed by atoms with Crippen molar-refractivity contribution in [2.24, 2.45) is 5.41 Å². The lowest BCUT2D eigenvalue weighted by Gasteiger charge is -2.41. The number of nitrogens with one attached hydrogen (secondary N) is 1. The summed E-state index contributed by atoms with van der Waals surface area (Å²) in [6.07, 6.45) is 5.29. The van der Waals surface area contributed by atoms with Crippen LogP contribution in [0.1, 0.15) is 53.4 Å². The summed E-state index contributed by atoms with van der Waals surface area (Å²) in [6, 6.07) is 0. The maximum atomic E-state index is 3.58. The van der Waals surface area contributed by atoms with Gasteiger partial charge < -0.3 is 5.32 Å². The van der Waals surface area contributed by atoms with Gasteiger partial charge in [0.05, 0.1) is 6.54 Å². The second-order valence-corrected chi connectivity index (χ2v) is 5.39. The SMILES string of the molecule is CCC1(NCC#CC(C)(C)C)CCC1. The van der Waals surface area contributed by atoms with Crippen LogP contribution in [0.5, 0.6) is 0 Å². The van der Waals surface area contributed by atoms with Crippen molar-refractivity contribution in [2.45, 2.75) is 58.9 Å². The van der Waals surface area contributed by atoms with Crippen molar-refractivity contribution in [2.75, 3.05) is 6.54 Å². The van der Waals surface area contributed by atoms with Gasteiger partial charge in [-0.3, -0.25) is 0 Å². The monoisotopic (exact) mass is 193 g/mol. The van der Waals surface area contributed by atoms with Crippen LogP contribution in [-0.4, -0.2) is 12.1 Å². The van der Waals surface area contributed by atoms with Crippen molar-refractivity contribution in [3.63, 3.8) is 0 Å². The molecule has 1 heteroatoms. The summed E-state index contributed by atoms with van der Waals surface area (Å²) in [4.78, 5) is 0. The van der Waals surface area contributed by atoms with E-state index in [4.69, 9.17) is 0 Å². The van der Waals surface area contributed by atoms with Gasteiger partial charge >= 0.3 is 0 Å². The molecule has 80 valence electrons. The second-order valence-electron chi connectivity index (χ2n) is 5.39. The van der Waals surface area contributed by atoms with E-state index < -0.39 is 0 Å². The van der Waals surface area contributed by atoms with Gasteiger partial charge in [-0.05, 0) is 46.5 Å². The largest absolute Gasteiger partial charge is 0.301 e. The Kier molecular flexibility index (Phi) is 3.61. The molecule has 0 aromatic carbocycles. The molecule has 1 aliphatic carbocycles. The van der Waals surface area contributed by atoms with E-state index in [-0.39, 0.29) is 5.41 Å². The standard InChI is InChI=1S/C13H23N/c1-5-13(9-6-10-13)14-11-7-8-12(2,3)4/h14H,5-6,9-11H2,1-4H3. The highest BCUT2D eigenvalue weighted by Crippen LogP contribution is 2.34. The summed E-state index contributed by atoms with van der Waals surface area (Å²) in [5.41, 5.74) is 0.577. The summed E-state index contributed by atoms with van der Waals surface area (Å²) in [6.45, 7) is 9.57. The van der Waals surface area contributed by atoms with Crippen LogP contribution in [0.15, 0.2) is 0 Å². The lowest BCUT2D eigenvalue weighted by Crippen LogP contribution is -2.50. The Bertz CT molecular complexity index is 227. The van der Waals surface area contributed by atoms with Gasteiger partial charge in [0.25, 0.3) is 0 Å². The van der Waals surface area contributed by atoms with E-state index in [2.05, 4.69) is 44.9 Å². The fourth-order valence-electron chi connectivity index (χ4n) is 1.80. The molecule has 1 aliphatic rings. The van der Waals surface area contributed by atoms with E-state index in [0.717, 1.165) is 6.54 Å². The molecule has 0 bridgehead atoms. The topological polar surface area (TPSA) is 12.0 Å². The van der Waals surface area contributed by atoms with E-state index in [0.29, 0.717) is 5.54 Å². The zero-order valence-electron chi connectivity index (χ0n) is 10.0.